The standard InChI is InChI=1S/C12H15IN2O3/c1-12(5-2-6-18-12)8-14-9-3-4-11(15(16)17)10(13)7-9/h3-4,7,14H,2,5-6,8H2,1H3. The van der Waals surface area contributed by atoms with Crippen LogP contribution in [0.15, 0.2) is 18.2 Å². The normalized spacial score (nSPS) is 23.0. The van der Waals surface area contributed by atoms with Crippen molar-refractivity contribution >= 4 is 34.0 Å². The number of nitrogens with one attached hydrogen (secondary N) is 1. The van der Waals surface area contributed by atoms with Gasteiger partial charge in [0.2, 0.25) is 0 Å². The fourth-order valence-electron chi connectivity index (χ4n) is 2.03. The lowest BCUT2D eigenvalue weighted by Gasteiger charge is -2.24. The molecule has 0 aliphatic carbocycles. The Labute approximate surface area is 119 Å². The second-order valence-electron chi connectivity index (χ2n) is 4.68. The lowest BCUT2D eigenvalue weighted by molar-refractivity contribution is -0.385. The summed E-state index contributed by atoms with van der Waals surface area (Å²) in [5.74, 6) is 0. The van der Waals surface area contributed by atoms with Crippen molar-refractivity contribution in [3.8, 4) is 0 Å². The van der Waals surface area contributed by atoms with E-state index in [4.69, 9.17) is 4.74 Å². The van der Waals surface area contributed by atoms with Crippen LogP contribution in [0.1, 0.15) is 19.8 Å². The first-order valence-electron chi connectivity index (χ1n) is 5.82. The zero-order valence-electron chi connectivity index (χ0n) is 10.1. The second kappa shape index (κ2) is 5.40. The molecule has 1 saturated heterocycles. The van der Waals surface area contributed by atoms with Gasteiger partial charge >= 0.3 is 0 Å². The van der Waals surface area contributed by atoms with Crippen LogP contribution in [0.25, 0.3) is 0 Å². The first-order valence-corrected chi connectivity index (χ1v) is 6.90. The summed E-state index contributed by atoms with van der Waals surface area (Å²) >= 11 is 1.98. The summed E-state index contributed by atoms with van der Waals surface area (Å²) in [6.45, 7) is 3.63. The van der Waals surface area contributed by atoms with Crippen LogP contribution in [0.4, 0.5) is 11.4 Å². The summed E-state index contributed by atoms with van der Waals surface area (Å²) < 4.78 is 6.32. The first kappa shape index (κ1) is 13.5. The van der Waals surface area contributed by atoms with Crippen molar-refractivity contribution < 1.29 is 9.66 Å². The smallest absolute Gasteiger partial charge is 0.282 e. The van der Waals surface area contributed by atoms with E-state index >= 15 is 0 Å². The summed E-state index contributed by atoms with van der Waals surface area (Å²) in [6.07, 6.45) is 2.14. The molecule has 0 aromatic heterocycles. The molecule has 1 heterocycles. The molecule has 2 rings (SSSR count). The Morgan fingerprint density at radius 1 is 1.61 bits per heavy atom. The van der Waals surface area contributed by atoms with Crippen molar-refractivity contribution in [2.24, 2.45) is 0 Å². The number of nitrogens with zero attached hydrogens (tertiary/aromatic N) is 1. The van der Waals surface area contributed by atoms with E-state index in [0.29, 0.717) is 3.57 Å². The Kier molecular flexibility index (Phi) is 4.06. The van der Waals surface area contributed by atoms with E-state index in [9.17, 15) is 10.1 Å². The highest BCUT2D eigenvalue weighted by atomic mass is 127. The van der Waals surface area contributed by atoms with E-state index in [0.717, 1.165) is 31.7 Å². The number of nitro benzene ring substituents is 1. The van der Waals surface area contributed by atoms with Crippen LogP contribution in [-0.2, 0) is 4.74 Å². The first-order chi connectivity index (χ1) is 8.50. The molecule has 1 N–H and O–H groups in total. The number of benzene rings is 1. The van der Waals surface area contributed by atoms with E-state index in [1.807, 2.05) is 22.6 Å². The fourth-order valence-corrected chi connectivity index (χ4v) is 2.74. The van der Waals surface area contributed by atoms with Gasteiger partial charge in [-0.3, -0.25) is 10.1 Å². The molecule has 1 aromatic rings. The van der Waals surface area contributed by atoms with Gasteiger partial charge in [0.25, 0.3) is 5.69 Å². The minimum Gasteiger partial charge on any atom is -0.382 e. The van der Waals surface area contributed by atoms with E-state index in [-0.39, 0.29) is 16.2 Å². The Hall–Kier alpha value is -0.890. The quantitative estimate of drug-likeness (QED) is 0.508. The second-order valence-corrected chi connectivity index (χ2v) is 5.84. The predicted molar refractivity (Wildman–Crippen MR) is 77.9 cm³/mol. The maximum atomic E-state index is 10.7. The van der Waals surface area contributed by atoms with Crippen molar-refractivity contribution in [2.45, 2.75) is 25.4 Å². The molecule has 18 heavy (non-hydrogen) atoms. The third kappa shape index (κ3) is 3.11. The van der Waals surface area contributed by atoms with E-state index < -0.39 is 0 Å². The monoisotopic (exact) mass is 362 g/mol. The Balaban J connectivity index is 2.02. The molecular formula is C12H15IN2O3. The third-order valence-corrected chi connectivity index (χ3v) is 3.98. The summed E-state index contributed by atoms with van der Waals surface area (Å²) in [5.41, 5.74) is 0.916. The molecule has 1 fully saturated rings. The zero-order valence-corrected chi connectivity index (χ0v) is 12.3. The predicted octanol–water partition coefficient (Wildman–Crippen LogP) is 3.18. The number of hydrogen-bond acceptors (Lipinski definition) is 4. The van der Waals surface area contributed by atoms with Crippen LogP contribution < -0.4 is 5.32 Å². The van der Waals surface area contributed by atoms with Gasteiger partial charge in [-0.1, -0.05) is 0 Å². The number of hydrogen-bond donors (Lipinski definition) is 1. The van der Waals surface area contributed by atoms with Gasteiger partial charge in [0.15, 0.2) is 0 Å². The summed E-state index contributed by atoms with van der Waals surface area (Å²) in [6, 6.07) is 5.05. The number of rotatable bonds is 4. The van der Waals surface area contributed by atoms with E-state index in [1.165, 1.54) is 6.07 Å². The molecule has 1 atom stereocenters. The van der Waals surface area contributed by atoms with Crippen molar-refractivity contribution in [1.29, 1.82) is 0 Å². The molecule has 6 heteroatoms. The average Bonchev–Trinajstić information content (AvgIpc) is 2.74. The van der Waals surface area contributed by atoms with Gasteiger partial charge in [-0.2, -0.15) is 0 Å². The van der Waals surface area contributed by atoms with Crippen molar-refractivity contribution in [2.75, 3.05) is 18.5 Å². The minimum absolute atomic E-state index is 0.118. The molecule has 1 aromatic carbocycles. The Bertz CT molecular complexity index is 459. The lowest BCUT2D eigenvalue weighted by atomic mass is 10.0. The SMILES string of the molecule is CC1(CNc2ccc([N+](=O)[O-])c(I)c2)CCCO1. The van der Waals surface area contributed by atoms with E-state index in [2.05, 4.69) is 12.2 Å². The molecule has 5 nitrogen and oxygen atoms in total. The maximum absolute atomic E-state index is 10.7. The summed E-state index contributed by atoms with van der Waals surface area (Å²) in [4.78, 5) is 10.3. The topological polar surface area (TPSA) is 64.4 Å². The van der Waals surface area contributed by atoms with Crippen LogP contribution >= 0.6 is 22.6 Å². The average molecular weight is 362 g/mol. The Morgan fingerprint density at radius 3 is 2.94 bits per heavy atom. The van der Waals surface area contributed by atoms with E-state index in [1.54, 1.807) is 12.1 Å². The minimum atomic E-state index is -0.368. The van der Waals surface area contributed by atoms with Gasteiger partial charge in [-0.25, -0.2) is 0 Å². The van der Waals surface area contributed by atoms with Crippen molar-refractivity contribution in [3.05, 3.63) is 31.9 Å². The molecule has 1 aliphatic rings. The third-order valence-electron chi connectivity index (χ3n) is 3.11. The van der Waals surface area contributed by atoms with Gasteiger partial charge < -0.3 is 10.1 Å². The molecule has 0 spiro atoms. The molecular weight excluding hydrogens is 347 g/mol. The van der Waals surface area contributed by atoms with Gasteiger partial charge in [0.1, 0.15) is 0 Å². The number of ether oxygens (including phenoxy) is 1. The van der Waals surface area contributed by atoms with Crippen LogP contribution in [0.3, 0.4) is 0 Å². The van der Waals surface area contributed by atoms with Crippen LogP contribution in [-0.4, -0.2) is 23.7 Å². The van der Waals surface area contributed by atoms with Crippen LogP contribution in [0, 0.1) is 13.7 Å². The van der Waals surface area contributed by atoms with Gasteiger partial charge in [0, 0.05) is 24.9 Å². The zero-order chi connectivity index (χ0) is 13.2. The van der Waals surface area contributed by atoms with Crippen molar-refractivity contribution in [3.63, 3.8) is 0 Å². The molecule has 1 unspecified atom stereocenters. The Morgan fingerprint density at radius 2 is 2.39 bits per heavy atom. The van der Waals surface area contributed by atoms with Gasteiger partial charge in [-0.05, 0) is 54.5 Å². The number of halogens is 1. The highest BCUT2D eigenvalue weighted by Crippen LogP contribution is 2.27. The molecule has 0 radical (unpaired) electrons. The lowest BCUT2D eigenvalue weighted by Crippen LogP contribution is -2.32. The number of nitro groups is 1. The van der Waals surface area contributed by atoms with Crippen LogP contribution in [0.2, 0.25) is 0 Å². The highest BCUT2D eigenvalue weighted by molar-refractivity contribution is 14.1. The van der Waals surface area contributed by atoms with Gasteiger partial charge in [-0.15, -0.1) is 0 Å². The van der Waals surface area contributed by atoms with Crippen LogP contribution in [0.5, 0.6) is 0 Å². The largest absolute Gasteiger partial charge is 0.382 e. The summed E-state index contributed by atoms with van der Waals surface area (Å²) in [7, 11) is 0. The molecule has 0 bridgehead atoms. The summed E-state index contributed by atoms with van der Waals surface area (Å²) in [5, 5.41) is 14.0. The molecule has 1 aliphatic heterocycles. The van der Waals surface area contributed by atoms with Gasteiger partial charge in [0.05, 0.1) is 14.1 Å². The molecule has 98 valence electrons. The van der Waals surface area contributed by atoms with Crippen molar-refractivity contribution in [1.82, 2.24) is 0 Å². The molecule has 0 amide bonds. The fraction of sp³-hybridized carbons (Fsp3) is 0.500. The maximum Gasteiger partial charge on any atom is 0.282 e. The number of anilines is 1. The highest BCUT2D eigenvalue weighted by Gasteiger charge is 2.29. The molecule has 0 saturated carbocycles.